The Hall–Kier alpha value is -10.5. The summed E-state index contributed by atoms with van der Waals surface area (Å²) in [5, 5.41) is 19.1. The van der Waals surface area contributed by atoms with Crippen LogP contribution < -0.4 is 18.9 Å². The van der Waals surface area contributed by atoms with Crippen LogP contribution >= 0.6 is 0 Å². The zero-order valence-corrected chi connectivity index (χ0v) is 46.9. The highest BCUT2D eigenvalue weighted by molar-refractivity contribution is 6.24. The molecule has 4 rings (SSSR count). The van der Waals surface area contributed by atoms with Gasteiger partial charge in [0.25, 0.3) is 12.9 Å². The van der Waals surface area contributed by atoms with Gasteiger partial charge in [-0.15, -0.1) is 0 Å². The van der Waals surface area contributed by atoms with Crippen LogP contribution in [-0.4, -0.2) is 167 Å². The van der Waals surface area contributed by atoms with Crippen LogP contribution in [0, 0.1) is 0 Å². The minimum atomic E-state index is -3.46. The van der Waals surface area contributed by atoms with Gasteiger partial charge in [-0.25, -0.2) is 24.0 Å². The molecule has 0 aliphatic rings. The first kappa shape index (κ1) is 69.0. The van der Waals surface area contributed by atoms with Crippen LogP contribution in [0.25, 0.3) is 22.3 Å². The smallest absolute Gasteiger partial charge is 0.371 e. The standard InChI is InChI=1S/C61H64O26/c1-5-55(67)82-36-51(85-57(69)29-54(65)66)34-80-47-24-16-43(17-25-47)41-12-20-45(21-13-41)78-32-49(30-74-7-3)77-28-10-9-11-53(64)61(59(71)72,84-40-63)60(73)87-52(37-83-56(68)6-2)35-81-48-26-18-44(19-27-48)42-14-22-46(23-15-42)79-33-50(31-75-8-4)86-58(70)38-76-39-62/h5-8,12-27,39-40,49-52H,1-4,9-11,28-38H2,(H,65,66)(H,71,72). The van der Waals surface area contributed by atoms with Gasteiger partial charge in [0.05, 0.1) is 12.5 Å². The number of esters is 5. The van der Waals surface area contributed by atoms with Crippen LogP contribution in [0.4, 0.5) is 0 Å². The Morgan fingerprint density at radius 2 is 0.874 bits per heavy atom. The molecule has 5 unspecified atom stereocenters. The Bertz CT molecular complexity index is 2940. The van der Waals surface area contributed by atoms with Gasteiger partial charge in [-0.1, -0.05) is 74.8 Å². The van der Waals surface area contributed by atoms with Gasteiger partial charge >= 0.3 is 47.4 Å². The molecular weight excluding hydrogens is 1150 g/mol. The lowest BCUT2D eigenvalue weighted by molar-refractivity contribution is -0.195. The second-order valence-corrected chi connectivity index (χ2v) is 17.8. The van der Waals surface area contributed by atoms with Crippen molar-refractivity contribution in [3.8, 4) is 45.3 Å². The van der Waals surface area contributed by atoms with Crippen molar-refractivity contribution in [1.82, 2.24) is 0 Å². The average molecular weight is 1210 g/mol. The van der Waals surface area contributed by atoms with Crippen molar-refractivity contribution in [2.75, 3.05) is 66.1 Å². The number of benzene rings is 4. The predicted molar refractivity (Wildman–Crippen MR) is 300 cm³/mol. The normalized spacial score (nSPS) is 12.6. The maximum absolute atomic E-state index is 13.7. The lowest BCUT2D eigenvalue weighted by Gasteiger charge is -2.27. The molecule has 0 aliphatic heterocycles. The summed E-state index contributed by atoms with van der Waals surface area (Å²) in [6, 6.07) is 27.2. The molecule has 0 radical (unpaired) electrons. The number of carboxylic acids is 2. The Morgan fingerprint density at radius 3 is 1.26 bits per heavy atom. The Labute approximate surface area is 498 Å². The van der Waals surface area contributed by atoms with Crippen LogP contribution in [-0.2, 0) is 95.3 Å². The van der Waals surface area contributed by atoms with Gasteiger partial charge in [0.1, 0.15) is 88.4 Å². The van der Waals surface area contributed by atoms with Crippen molar-refractivity contribution >= 4 is 60.5 Å². The quantitative estimate of drug-likeness (QED) is 0.0105. The fourth-order valence-corrected chi connectivity index (χ4v) is 7.32. The van der Waals surface area contributed by atoms with E-state index in [4.69, 9.17) is 66.7 Å². The molecule has 87 heavy (non-hydrogen) atoms. The SMILES string of the molecule is C=COCC(COc1ccc(-c2ccc(OCC(COC(=O)C=C)OC(=O)CC(=O)O)cc2)cc1)OCCCCC(=O)C(OC=O)(C(=O)O)C(=O)OC(COC(=O)C=C)COc1ccc(-c2ccc(OCC(COC=C)OC(=O)COC=O)cc2)cc1. The van der Waals surface area contributed by atoms with Crippen molar-refractivity contribution in [2.45, 2.75) is 55.7 Å². The van der Waals surface area contributed by atoms with Gasteiger partial charge in [0, 0.05) is 25.2 Å². The maximum atomic E-state index is 13.7. The van der Waals surface area contributed by atoms with Crippen LogP contribution in [0.2, 0.25) is 0 Å². The van der Waals surface area contributed by atoms with E-state index in [9.17, 15) is 53.1 Å². The summed E-state index contributed by atoms with van der Waals surface area (Å²) in [5.74, 6) is -8.76. The van der Waals surface area contributed by atoms with Gasteiger partial charge < -0.3 is 76.5 Å². The number of hydrogen-bond acceptors (Lipinski definition) is 24. The molecule has 0 saturated heterocycles. The number of Topliss-reactive ketones (excluding diaryl/α,β-unsaturated/α-hetero) is 1. The molecule has 5 atom stereocenters. The van der Waals surface area contributed by atoms with Crippen molar-refractivity contribution in [3.05, 3.63) is 148 Å². The molecule has 0 aliphatic carbocycles. The van der Waals surface area contributed by atoms with E-state index in [0.717, 1.165) is 34.4 Å². The molecule has 26 heteroatoms. The summed E-state index contributed by atoms with van der Waals surface area (Å²) in [7, 11) is 0. The Kier molecular flexibility index (Phi) is 29.9. The molecule has 4 aromatic carbocycles. The number of ketones is 1. The molecule has 0 bridgehead atoms. The average Bonchev–Trinajstić information content (AvgIpc) is 2.83. The molecule has 0 aromatic heterocycles. The lowest BCUT2D eigenvalue weighted by atomic mass is 9.94. The van der Waals surface area contributed by atoms with Crippen LogP contribution in [0.5, 0.6) is 23.0 Å². The van der Waals surface area contributed by atoms with E-state index in [1.165, 1.54) is 12.5 Å². The molecule has 0 fully saturated rings. The molecule has 0 amide bonds. The van der Waals surface area contributed by atoms with E-state index in [-0.39, 0.29) is 71.2 Å². The molecule has 0 spiro atoms. The van der Waals surface area contributed by atoms with Gasteiger partial charge in [-0.05, 0) is 83.6 Å². The monoisotopic (exact) mass is 1210 g/mol. The number of carbonyl (C=O) groups excluding carboxylic acids is 8. The van der Waals surface area contributed by atoms with Gasteiger partial charge in [-0.2, -0.15) is 0 Å². The van der Waals surface area contributed by atoms with Crippen molar-refractivity contribution in [2.24, 2.45) is 0 Å². The fraction of sp³-hybridized carbons (Fsp3) is 0.311. The number of carboxylic acid groups (broad SMARTS) is 2. The third-order valence-corrected chi connectivity index (χ3v) is 11.6. The third-order valence-electron chi connectivity index (χ3n) is 11.6. The Morgan fingerprint density at radius 1 is 0.471 bits per heavy atom. The maximum Gasteiger partial charge on any atom is 0.371 e. The molecule has 464 valence electrons. The topological polar surface area (TPSA) is 340 Å². The van der Waals surface area contributed by atoms with E-state index >= 15 is 0 Å². The highest BCUT2D eigenvalue weighted by atomic mass is 16.6. The second-order valence-electron chi connectivity index (χ2n) is 17.8. The van der Waals surface area contributed by atoms with Gasteiger partial charge in [0.2, 0.25) is 0 Å². The first-order valence-electron chi connectivity index (χ1n) is 26.3. The third kappa shape index (κ3) is 24.3. The van der Waals surface area contributed by atoms with E-state index in [1.54, 1.807) is 97.1 Å². The molecule has 26 nitrogen and oxygen atoms in total. The summed E-state index contributed by atoms with van der Waals surface area (Å²) in [4.78, 5) is 121. The molecule has 4 aromatic rings. The number of ether oxygens (including phenoxy) is 14. The summed E-state index contributed by atoms with van der Waals surface area (Å²) < 4.78 is 74.4. The Balaban J connectivity index is 1.30. The largest absolute Gasteiger partial charge is 0.499 e. The summed E-state index contributed by atoms with van der Waals surface area (Å²) in [6.07, 6.45) is -1.49. The fourth-order valence-electron chi connectivity index (χ4n) is 7.32. The van der Waals surface area contributed by atoms with E-state index in [0.29, 0.717) is 17.2 Å². The van der Waals surface area contributed by atoms with Crippen LogP contribution in [0.3, 0.4) is 0 Å². The number of aliphatic carboxylic acids is 2. The molecule has 2 N–H and O–H groups in total. The summed E-state index contributed by atoms with van der Waals surface area (Å²) >= 11 is 0. The minimum absolute atomic E-state index is 0.00675. The minimum Gasteiger partial charge on any atom is -0.499 e. The summed E-state index contributed by atoms with van der Waals surface area (Å²) in [6.45, 7) is 10.7. The first-order valence-corrected chi connectivity index (χ1v) is 26.3. The highest BCUT2D eigenvalue weighted by Gasteiger charge is 2.57. The first-order chi connectivity index (χ1) is 42.0. The van der Waals surface area contributed by atoms with Crippen molar-refractivity contribution in [1.29, 1.82) is 0 Å². The predicted octanol–water partition coefficient (Wildman–Crippen LogP) is 5.52. The number of rotatable bonds is 45. The number of carbonyl (C=O) groups is 10. The second kappa shape index (κ2) is 37.6. The lowest BCUT2D eigenvalue weighted by Crippen LogP contribution is -2.57. The van der Waals surface area contributed by atoms with Gasteiger partial charge in [0.15, 0.2) is 30.7 Å². The molecule has 0 heterocycles. The van der Waals surface area contributed by atoms with Crippen molar-refractivity contribution in [3.63, 3.8) is 0 Å². The highest BCUT2D eigenvalue weighted by Crippen LogP contribution is 2.28. The zero-order valence-electron chi connectivity index (χ0n) is 46.9. The molecule has 0 saturated carbocycles. The number of unbranched alkanes of at least 4 members (excludes halogenated alkanes) is 1. The molecular formula is C61H64O26. The number of hydrogen-bond donors (Lipinski definition) is 2. The van der Waals surface area contributed by atoms with Crippen LogP contribution in [0.15, 0.2) is 148 Å². The van der Waals surface area contributed by atoms with E-state index in [2.05, 4.69) is 31.1 Å². The summed E-state index contributed by atoms with van der Waals surface area (Å²) in [5.41, 5.74) is -0.411. The van der Waals surface area contributed by atoms with Crippen LogP contribution in [0.1, 0.15) is 25.7 Å². The zero-order chi connectivity index (χ0) is 63.4. The van der Waals surface area contributed by atoms with E-state index < -0.39 is 117 Å². The van der Waals surface area contributed by atoms with E-state index in [1.807, 2.05) is 0 Å². The van der Waals surface area contributed by atoms with Gasteiger partial charge in [-0.3, -0.25) is 24.0 Å². The van der Waals surface area contributed by atoms with Crippen molar-refractivity contribution < 1.29 is 124 Å².